The van der Waals surface area contributed by atoms with Crippen LogP contribution in [0.2, 0.25) is 0 Å². The van der Waals surface area contributed by atoms with Gasteiger partial charge in [0, 0.05) is 25.0 Å². The minimum absolute atomic E-state index is 0.123. The smallest absolute Gasteiger partial charge is 0.337 e. The van der Waals surface area contributed by atoms with E-state index in [-0.39, 0.29) is 11.3 Å². The monoisotopic (exact) mass is 217 g/mol. The largest absolute Gasteiger partial charge is 0.508 e. The highest BCUT2D eigenvalue weighted by Gasteiger charge is 2.14. The molecule has 0 radical (unpaired) electrons. The minimum atomic E-state index is -0.973. The van der Waals surface area contributed by atoms with Gasteiger partial charge in [-0.3, -0.25) is 0 Å². The quantitative estimate of drug-likeness (QED) is 0.809. The number of carboxylic acid groups (broad SMARTS) is 1. The van der Waals surface area contributed by atoms with Crippen LogP contribution in [0.4, 0.5) is 0 Å². The predicted octanol–water partition coefficient (Wildman–Crippen LogP) is 2.10. The van der Waals surface area contributed by atoms with Crippen molar-refractivity contribution in [3.63, 3.8) is 0 Å². The van der Waals surface area contributed by atoms with Gasteiger partial charge in [-0.15, -0.1) is 0 Å². The van der Waals surface area contributed by atoms with Gasteiger partial charge in [-0.1, -0.05) is 12.1 Å². The number of aryl methyl sites for hydroxylation is 1. The van der Waals surface area contributed by atoms with Crippen LogP contribution in [-0.4, -0.2) is 20.7 Å². The molecule has 16 heavy (non-hydrogen) atoms. The van der Waals surface area contributed by atoms with Gasteiger partial charge in [0.15, 0.2) is 0 Å². The van der Waals surface area contributed by atoms with E-state index in [1.165, 1.54) is 0 Å². The minimum Gasteiger partial charge on any atom is -0.508 e. The molecule has 0 aliphatic carbocycles. The normalized spacial score (nSPS) is 10.3. The Morgan fingerprint density at radius 3 is 2.69 bits per heavy atom. The number of hydrogen-bond acceptors (Lipinski definition) is 2. The highest BCUT2D eigenvalue weighted by Crippen LogP contribution is 2.27. The van der Waals surface area contributed by atoms with Crippen molar-refractivity contribution in [3.05, 3.63) is 42.2 Å². The third-order valence-electron chi connectivity index (χ3n) is 2.34. The molecule has 0 aliphatic rings. The van der Waals surface area contributed by atoms with Crippen molar-refractivity contribution >= 4 is 5.97 Å². The summed E-state index contributed by atoms with van der Waals surface area (Å²) in [7, 11) is 1.76. The lowest BCUT2D eigenvalue weighted by Gasteiger charge is -2.00. The zero-order chi connectivity index (χ0) is 11.7. The summed E-state index contributed by atoms with van der Waals surface area (Å²) in [5.41, 5.74) is 1.53. The number of aromatic hydroxyl groups is 1. The second-order valence-electron chi connectivity index (χ2n) is 3.61. The first kappa shape index (κ1) is 10.3. The summed E-state index contributed by atoms with van der Waals surface area (Å²) >= 11 is 0. The number of nitrogens with zero attached hydrogens (tertiary/aromatic N) is 1. The zero-order valence-corrected chi connectivity index (χ0v) is 8.71. The van der Waals surface area contributed by atoms with Crippen LogP contribution < -0.4 is 0 Å². The molecule has 82 valence electrons. The second kappa shape index (κ2) is 3.73. The van der Waals surface area contributed by atoms with Crippen LogP contribution in [0.25, 0.3) is 11.1 Å². The number of phenols is 1. The number of hydrogen-bond donors (Lipinski definition) is 2. The summed E-state index contributed by atoms with van der Waals surface area (Å²) in [6.07, 6.45) is 3.26. The van der Waals surface area contributed by atoms with Gasteiger partial charge in [0.2, 0.25) is 0 Å². The predicted molar refractivity (Wildman–Crippen MR) is 59.5 cm³/mol. The highest BCUT2D eigenvalue weighted by molar-refractivity contribution is 5.96. The molecule has 0 aliphatic heterocycles. The van der Waals surface area contributed by atoms with Crippen LogP contribution in [0.15, 0.2) is 36.7 Å². The average Bonchev–Trinajstić information content (AvgIpc) is 2.60. The molecule has 4 heteroatoms. The van der Waals surface area contributed by atoms with E-state index < -0.39 is 5.97 Å². The fourth-order valence-electron chi connectivity index (χ4n) is 1.66. The number of aromatic nitrogens is 1. The lowest BCUT2D eigenvalue weighted by molar-refractivity contribution is 0.0697. The molecule has 0 atom stereocenters. The van der Waals surface area contributed by atoms with Crippen LogP contribution in [-0.2, 0) is 7.05 Å². The Morgan fingerprint density at radius 1 is 1.31 bits per heavy atom. The van der Waals surface area contributed by atoms with E-state index in [1.54, 1.807) is 48.3 Å². The molecule has 0 saturated carbocycles. The Hall–Kier alpha value is -2.23. The molecule has 0 amide bonds. The molecule has 0 unspecified atom stereocenters. The molecule has 1 aromatic carbocycles. The topological polar surface area (TPSA) is 62.5 Å². The van der Waals surface area contributed by atoms with Crippen molar-refractivity contribution in [2.45, 2.75) is 0 Å². The molecular formula is C12H11NO3. The van der Waals surface area contributed by atoms with Gasteiger partial charge in [0.05, 0.1) is 5.56 Å². The van der Waals surface area contributed by atoms with Gasteiger partial charge in [0.25, 0.3) is 0 Å². The number of rotatable bonds is 2. The van der Waals surface area contributed by atoms with Crippen LogP contribution >= 0.6 is 0 Å². The Labute approximate surface area is 92.4 Å². The molecule has 1 heterocycles. The van der Waals surface area contributed by atoms with Crippen molar-refractivity contribution in [2.75, 3.05) is 0 Å². The Bertz CT molecular complexity index is 543. The van der Waals surface area contributed by atoms with E-state index >= 15 is 0 Å². The SMILES string of the molecule is Cn1cc(C(=O)O)c(-c2cccc(O)c2)c1. The molecule has 4 nitrogen and oxygen atoms in total. The van der Waals surface area contributed by atoms with Gasteiger partial charge in [-0.2, -0.15) is 0 Å². The summed E-state index contributed by atoms with van der Waals surface area (Å²) in [6.45, 7) is 0. The maximum Gasteiger partial charge on any atom is 0.337 e. The number of benzene rings is 1. The lowest BCUT2D eigenvalue weighted by Crippen LogP contribution is -1.96. The third kappa shape index (κ3) is 1.77. The first-order valence-corrected chi connectivity index (χ1v) is 4.76. The van der Waals surface area contributed by atoms with Crippen LogP contribution in [0.5, 0.6) is 5.75 Å². The van der Waals surface area contributed by atoms with Gasteiger partial charge >= 0.3 is 5.97 Å². The number of carboxylic acids is 1. The van der Waals surface area contributed by atoms with E-state index in [0.717, 1.165) is 0 Å². The summed E-state index contributed by atoms with van der Waals surface area (Å²) in [5, 5.41) is 18.4. The molecule has 0 fully saturated rings. The maximum absolute atomic E-state index is 11.0. The van der Waals surface area contributed by atoms with Crippen molar-refractivity contribution in [3.8, 4) is 16.9 Å². The Balaban J connectivity index is 2.59. The van der Waals surface area contributed by atoms with Gasteiger partial charge < -0.3 is 14.8 Å². The zero-order valence-electron chi connectivity index (χ0n) is 8.71. The molecule has 2 aromatic rings. The fourth-order valence-corrected chi connectivity index (χ4v) is 1.66. The molecule has 0 bridgehead atoms. The maximum atomic E-state index is 11.0. The molecule has 1 aromatic heterocycles. The average molecular weight is 217 g/mol. The molecule has 0 saturated heterocycles. The Kier molecular flexibility index (Phi) is 2.40. The van der Waals surface area contributed by atoms with Crippen molar-refractivity contribution in [1.82, 2.24) is 4.57 Å². The molecule has 2 N–H and O–H groups in total. The third-order valence-corrected chi connectivity index (χ3v) is 2.34. The molecule has 0 spiro atoms. The Morgan fingerprint density at radius 2 is 2.06 bits per heavy atom. The van der Waals surface area contributed by atoms with E-state index in [9.17, 15) is 9.90 Å². The van der Waals surface area contributed by atoms with Crippen LogP contribution in [0.3, 0.4) is 0 Å². The van der Waals surface area contributed by atoms with E-state index in [4.69, 9.17) is 5.11 Å². The summed E-state index contributed by atoms with van der Waals surface area (Å²) in [4.78, 5) is 11.0. The lowest BCUT2D eigenvalue weighted by atomic mass is 10.0. The van der Waals surface area contributed by atoms with Gasteiger partial charge in [-0.05, 0) is 17.7 Å². The van der Waals surface area contributed by atoms with Gasteiger partial charge in [0.1, 0.15) is 5.75 Å². The number of aromatic carboxylic acids is 1. The summed E-state index contributed by atoms with van der Waals surface area (Å²) in [6, 6.07) is 6.54. The first-order chi connectivity index (χ1) is 7.58. The molecule has 2 rings (SSSR count). The first-order valence-electron chi connectivity index (χ1n) is 4.76. The van der Waals surface area contributed by atoms with E-state index in [1.807, 2.05) is 0 Å². The highest BCUT2D eigenvalue weighted by atomic mass is 16.4. The summed E-state index contributed by atoms with van der Waals surface area (Å²) < 4.78 is 1.68. The standard InChI is InChI=1S/C12H11NO3/c1-13-6-10(11(7-13)12(15)16)8-3-2-4-9(14)5-8/h2-7,14H,1H3,(H,15,16). The van der Waals surface area contributed by atoms with Crippen molar-refractivity contribution in [2.24, 2.45) is 7.05 Å². The number of carbonyl (C=O) groups is 1. The summed E-state index contributed by atoms with van der Waals surface area (Å²) in [5.74, 6) is -0.850. The van der Waals surface area contributed by atoms with E-state index in [0.29, 0.717) is 11.1 Å². The number of phenolic OH excluding ortho intramolecular Hbond substituents is 1. The van der Waals surface area contributed by atoms with Crippen LogP contribution in [0.1, 0.15) is 10.4 Å². The molecular weight excluding hydrogens is 206 g/mol. The van der Waals surface area contributed by atoms with Gasteiger partial charge in [-0.25, -0.2) is 4.79 Å². The second-order valence-corrected chi connectivity index (χ2v) is 3.61. The van der Waals surface area contributed by atoms with Crippen molar-refractivity contribution in [1.29, 1.82) is 0 Å². The van der Waals surface area contributed by atoms with Crippen molar-refractivity contribution < 1.29 is 15.0 Å². The van der Waals surface area contributed by atoms with Crippen LogP contribution in [0, 0.1) is 0 Å². The fraction of sp³-hybridized carbons (Fsp3) is 0.0833. The van der Waals surface area contributed by atoms with E-state index in [2.05, 4.69) is 0 Å².